The molecule has 7 nitrogen and oxygen atoms in total. The highest BCUT2D eigenvalue weighted by Gasteiger charge is 2.18. The predicted molar refractivity (Wildman–Crippen MR) is 121 cm³/mol. The molecule has 0 fully saturated rings. The molecule has 0 unspecified atom stereocenters. The van der Waals surface area contributed by atoms with E-state index in [2.05, 4.69) is 77.7 Å². The van der Waals surface area contributed by atoms with E-state index < -0.39 is 10.4 Å². The van der Waals surface area contributed by atoms with Crippen LogP contribution in [0, 0.1) is 6.92 Å². The zero-order chi connectivity index (χ0) is 22.2. The molecule has 0 bridgehead atoms. The van der Waals surface area contributed by atoms with Crippen LogP contribution in [0.1, 0.15) is 16.0 Å². The van der Waals surface area contributed by atoms with Crippen LogP contribution in [0.5, 0.6) is 11.5 Å². The van der Waals surface area contributed by atoms with Crippen LogP contribution in [0.25, 0.3) is 22.2 Å². The van der Waals surface area contributed by atoms with E-state index in [1.807, 2.05) is 0 Å². The van der Waals surface area contributed by atoms with Crippen molar-refractivity contribution in [3.05, 3.63) is 64.2 Å². The molecule has 0 N–H and O–H groups in total. The average molecular weight is 459 g/mol. The number of fused-ring (bicyclic) bond motifs is 3. The van der Waals surface area contributed by atoms with Crippen molar-refractivity contribution in [2.24, 2.45) is 0 Å². The molecule has 3 aromatic rings. The second kappa shape index (κ2) is 8.35. The zero-order valence-electron chi connectivity index (χ0n) is 17.1. The number of aryl methyl sites for hydroxylation is 1. The lowest BCUT2D eigenvalue weighted by Gasteiger charge is -2.26. The van der Waals surface area contributed by atoms with Gasteiger partial charge in [-0.2, -0.15) is 0 Å². The van der Waals surface area contributed by atoms with Crippen LogP contribution in [0.2, 0.25) is 0 Å². The minimum atomic E-state index is -4.41. The minimum Gasteiger partial charge on any atom is -0.726 e. The lowest BCUT2D eigenvalue weighted by Crippen LogP contribution is -2.18. The Bertz CT molecular complexity index is 1310. The molecule has 1 aromatic heterocycles. The summed E-state index contributed by atoms with van der Waals surface area (Å²) < 4.78 is 43.3. The maximum Gasteiger partial charge on any atom is 0.231 e. The third kappa shape index (κ3) is 4.45. The molecule has 0 amide bonds. The van der Waals surface area contributed by atoms with Crippen molar-refractivity contribution in [2.45, 2.75) is 6.92 Å². The molecule has 2 aliphatic heterocycles. The molecule has 0 radical (unpaired) electrons. The number of anilines is 1. The van der Waals surface area contributed by atoms with E-state index in [0.717, 1.165) is 18.6 Å². The summed E-state index contributed by atoms with van der Waals surface area (Å²) in [5.74, 6) is 1.69. The maximum atomic E-state index is 9.22. The van der Waals surface area contributed by atoms with Crippen molar-refractivity contribution in [3.8, 4) is 11.5 Å². The van der Waals surface area contributed by atoms with Gasteiger partial charge in [0, 0.05) is 34.1 Å². The Balaban J connectivity index is 0.000000342. The van der Waals surface area contributed by atoms with Crippen molar-refractivity contribution in [1.29, 1.82) is 0 Å². The highest BCUT2D eigenvalue weighted by atomic mass is 32.3. The first kappa shape index (κ1) is 21.4. The Labute approximate surface area is 184 Å². The van der Waals surface area contributed by atoms with Gasteiger partial charge in [0.1, 0.15) is 0 Å². The van der Waals surface area contributed by atoms with E-state index in [9.17, 15) is 13.0 Å². The van der Waals surface area contributed by atoms with Crippen molar-refractivity contribution in [3.63, 3.8) is 0 Å². The molecule has 2 aromatic carbocycles. The molecule has 31 heavy (non-hydrogen) atoms. The van der Waals surface area contributed by atoms with Crippen LogP contribution in [0.4, 0.5) is 5.69 Å². The summed E-state index contributed by atoms with van der Waals surface area (Å²) in [6.07, 6.45) is 6.62. The Hall–Kier alpha value is -2.85. The van der Waals surface area contributed by atoms with Gasteiger partial charge in [0.05, 0.1) is 7.11 Å². The van der Waals surface area contributed by atoms with E-state index in [0.29, 0.717) is 6.79 Å². The first-order valence-corrected chi connectivity index (χ1v) is 11.5. The third-order valence-electron chi connectivity index (χ3n) is 5.07. The smallest absolute Gasteiger partial charge is 0.231 e. The zero-order valence-corrected chi connectivity index (χ0v) is 18.7. The van der Waals surface area contributed by atoms with Crippen molar-refractivity contribution >= 4 is 49.7 Å². The van der Waals surface area contributed by atoms with Crippen LogP contribution in [-0.2, 0) is 14.6 Å². The Kier molecular flexibility index (Phi) is 5.76. The van der Waals surface area contributed by atoms with Gasteiger partial charge in [0.15, 0.2) is 11.5 Å². The van der Waals surface area contributed by atoms with Gasteiger partial charge in [0.2, 0.25) is 17.2 Å². The second-order valence-electron chi connectivity index (χ2n) is 6.89. The van der Waals surface area contributed by atoms with E-state index in [1.165, 1.54) is 37.5 Å². The number of rotatable bonds is 2. The number of hydrogen-bond donors (Lipinski definition) is 0. The molecule has 0 spiro atoms. The molecule has 2 aliphatic rings. The van der Waals surface area contributed by atoms with E-state index >= 15 is 0 Å². The molecular weight excluding hydrogens is 438 g/mol. The summed E-state index contributed by atoms with van der Waals surface area (Å²) in [7, 11) is -1.49. The summed E-state index contributed by atoms with van der Waals surface area (Å²) in [5.41, 5.74) is 4.96. The number of ether oxygens (including phenoxy) is 2. The second-order valence-corrected chi connectivity index (χ2v) is 9.12. The molecular formula is C22H20NO6S2-. The lowest BCUT2D eigenvalue weighted by molar-refractivity contribution is 0.174. The van der Waals surface area contributed by atoms with Crippen LogP contribution in [0.15, 0.2) is 48.2 Å². The summed E-state index contributed by atoms with van der Waals surface area (Å²) in [6, 6.07) is 12.6. The molecule has 9 heteroatoms. The number of hydrogen-bond acceptors (Lipinski definition) is 8. The monoisotopic (exact) mass is 458 g/mol. The molecule has 162 valence electrons. The van der Waals surface area contributed by atoms with Gasteiger partial charge in [0.25, 0.3) is 0 Å². The fraction of sp³-hybridized carbons (Fsp3) is 0.182. The highest BCUT2D eigenvalue weighted by molar-refractivity contribution is 7.80. The average Bonchev–Trinajstić information content (AvgIpc) is 3.32. The minimum absolute atomic E-state index is 0.317. The molecule has 0 saturated heterocycles. The van der Waals surface area contributed by atoms with Gasteiger partial charge in [-0.05, 0) is 47.7 Å². The molecule has 0 saturated carbocycles. The standard InChI is InChI=1S/C21H17NO2S.CH4O4S/c1-13-16-10-18-19(24-12-23-18)11-21(16)25-20(13)9-15-8-7-14-5-3-4-6-17(14)22(15)2;1-5-6(2,3)4/h3-11H,12H2,1-2H3;1H3,(H,2,3,4)/p-1/b15-9+;. The van der Waals surface area contributed by atoms with E-state index in [4.69, 9.17) is 9.47 Å². The van der Waals surface area contributed by atoms with Gasteiger partial charge in [-0.1, -0.05) is 24.3 Å². The van der Waals surface area contributed by atoms with Crippen molar-refractivity contribution < 1.29 is 26.6 Å². The number of nitrogens with zero attached hydrogens (tertiary/aromatic N) is 1. The summed E-state index contributed by atoms with van der Waals surface area (Å²) >= 11 is 1.79. The number of para-hydroxylation sites is 1. The fourth-order valence-corrected chi connectivity index (χ4v) is 4.57. The van der Waals surface area contributed by atoms with Crippen LogP contribution in [0.3, 0.4) is 0 Å². The summed E-state index contributed by atoms with van der Waals surface area (Å²) in [4.78, 5) is 3.51. The number of likely N-dealkylation sites (N-methyl/N-ethyl adjacent to an activating group) is 1. The first-order valence-electron chi connectivity index (χ1n) is 9.33. The lowest BCUT2D eigenvalue weighted by atomic mass is 10.1. The van der Waals surface area contributed by atoms with Gasteiger partial charge in [-0.15, -0.1) is 11.3 Å². The molecule has 0 aliphatic carbocycles. The normalized spacial score (nSPS) is 15.7. The largest absolute Gasteiger partial charge is 0.726 e. The van der Waals surface area contributed by atoms with Gasteiger partial charge < -0.3 is 18.9 Å². The predicted octanol–water partition coefficient (Wildman–Crippen LogP) is 4.54. The Morgan fingerprint density at radius 1 is 1.16 bits per heavy atom. The van der Waals surface area contributed by atoms with Gasteiger partial charge >= 0.3 is 0 Å². The molecule has 3 heterocycles. The topological polar surface area (TPSA) is 88.1 Å². The van der Waals surface area contributed by atoms with Crippen LogP contribution in [-0.4, -0.2) is 33.9 Å². The maximum absolute atomic E-state index is 9.22. The Morgan fingerprint density at radius 2 is 1.84 bits per heavy atom. The van der Waals surface area contributed by atoms with Gasteiger partial charge in [-0.3, -0.25) is 4.18 Å². The van der Waals surface area contributed by atoms with E-state index in [-0.39, 0.29) is 0 Å². The molecule has 5 rings (SSSR count). The summed E-state index contributed by atoms with van der Waals surface area (Å²) in [6.45, 7) is 2.49. The van der Waals surface area contributed by atoms with Gasteiger partial charge in [-0.25, -0.2) is 8.42 Å². The SMILES string of the molecule is COS(=O)(=O)[O-].Cc1c(/C=C2\C=Cc3ccccc3N2C)sc2cc3c(cc12)OCO3. The number of benzene rings is 2. The van der Waals surface area contributed by atoms with Crippen molar-refractivity contribution in [1.82, 2.24) is 0 Å². The molecule has 0 atom stereocenters. The van der Waals surface area contributed by atoms with Crippen LogP contribution < -0.4 is 14.4 Å². The quantitative estimate of drug-likeness (QED) is 0.412. The fourth-order valence-electron chi connectivity index (χ4n) is 3.41. The summed E-state index contributed by atoms with van der Waals surface area (Å²) in [5, 5.41) is 1.24. The van der Waals surface area contributed by atoms with Crippen LogP contribution >= 0.6 is 11.3 Å². The number of allylic oxidation sites excluding steroid dienone is 1. The highest BCUT2D eigenvalue weighted by Crippen LogP contribution is 2.42. The third-order valence-corrected chi connectivity index (χ3v) is 6.68. The van der Waals surface area contributed by atoms with Crippen molar-refractivity contribution in [2.75, 3.05) is 25.9 Å². The number of thiophene rings is 1. The Morgan fingerprint density at radius 3 is 2.55 bits per heavy atom. The van der Waals surface area contributed by atoms with E-state index in [1.54, 1.807) is 11.3 Å². The first-order chi connectivity index (χ1) is 14.8.